The summed E-state index contributed by atoms with van der Waals surface area (Å²) in [5, 5.41) is 0. The maximum atomic E-state index is 12.0. The number of nitrogens with two attached hydrogens (primary N) is 1. The number of nitrogen functional groups attached to an aromatic ring is 1. The monoisotopic (exact) mass is 330 g/mol. The number of furan rings is 1. The van der Waals surface area contributed by atoms with E-state index in [1.807, 2.05) is 0 Å². The molecular weight excluding hydrogens is 320 g/mol. The highest BCUT2D eigenvalue weighted by Gasteiger charge is 2.17. The van der Waals surface area contributed by atoms with E-state index < -0.39 is 10.0 Å². The van der Waals surface area contributed by atoms with Gasteiger partial charge in [-0.2, -0.15) is 0 Å². The van der Waals surface area contributed by atoms with Crippen LogP contribution in [0.3, 0.4) is 0 Å². The molecule has 0 saturated heterocycles. The van der Waals surface area contributed by atoms with Crippen molar-refractivity contribution in [2.75, 3.05) is 5.73 Å². The largest absolute Gasteiger partial charge is 0.468 e. The summed E-state index contributed by atoms with van der Waals surface area (Å²) in [6, 6.07) is 7.99. The van der Waals surface area contributed by atoms with Crippen molar-refractivity contribution in [3.05, 3.63) is 46.8 Å². The molecule has 0 aliphatic carbocycles. The Morgan fingerprint density at radius 1 is 1.33 bits per heavy atom. The van der Waals surface area contributed by atoms with E-state index in [9.17, 15) is 8.42 Å². The van der Waals surface area contributed by atoms with Gasteiger partial charge in [0.15, 0.2) is 0 Å². The van der Waals surface area contributed by atoms with Crippen LogP contribution < -0.4 is 10.5 Å². The van der Waals surface area contributed by atoms with Gasteiger partial charge in [0.1, 0.15) is 10.7 Å². The number of hydrogen-bond acceptors (Lipinski definition) is 4. The fourth-order valence-corrected chi connectivity index (χ4v) is 2.90. The average Bonchev–Trinajstić information content (AvgIpc) is 2.78. The van der Waals surface area contributed by atoms with Gasteiger partial charge in [-0.05, 0) is 30.3 Å². The minimum Gasteiger partial charge on any atom is -0.468 e. The lowest BCUT2D eigenvalue weighted by atomic mass is 10.3. The van der Waals surface area contributed by atoms with Gasteiger partial charge < -0.3 is 10.2 Å². The normalized spacial score (nSPS) is 11.6. The third-order valence-corrected chi connectivity index (χ3v) is 4.25. The predicted octanol–water partition coefficient (Wildman–Crippen LogP) is 2.10. The van der Waals surface area contributed by atoms with Crippen LogP contribution in [0.15, 0.2) is 50.4 Å². The molecule has 2 aromatic rings. The molecule has 0 aliphatic heterocycles. The standard InChI is InChI=1S/C11H11BrN2O3S/c12-8-3-4-11(10(13)6-8)18(15,16)14-7-9-2-1-5-17-9/h1-6,14H,7,13H2. The SMILES string of the molecule is Nc1cc(Br)ccc1S(=O)(=O)NCc1ccco1. The van der Waals surface area contributed by atoms with Gasteiger partial charge in [0.25, 0.3) is 0 Å². The van der Waals surface area contributed by atoms with Crippen molar-refractivity contribution in [2.24, 2.45) is 0 Å². The zero-order chi connectivity index (χ0) is 13.2. The first kappa shape index (κ1) is 13.1. The van der Waals surface area contributed by atoms with Gasteiger partial charge in [0.2, 0.25) is 10.0 Å². The van der Waals surface area contributed by atoms with Gasteiger partial charge in [0, 0.05) is 4.47 Å². The molecule has 96 valence electrons. The van der Waals surface area contributed by atoms with Crippen molar-refractivity contribution < 1.29 is 12.8 Å². The van der Waals surface area contributed by atoms with E-state index in [2.05, 4.69) is 20.7 Å². The second kappa shape index (κ2) is 5.13. The summed E-state index contributed by atoms with van der Waals surface area (Å²) < 4.78 is 32.2. The Labute approximate surface area is 113 Å². The lowest BCUT2D eigenvalue weighted by Crippen LogP contribution is -2.23. The molecule has 0 radical (unpaired) electrons. The fourth-order valence-electron chi connectivity index (χ4n) is 1.42. The van der Waals surface area contributed by atoms with Gasteiger partial charge in [-0.25, -0.2) is 13.1 Å². The van der Waals surface area contributed by atoms with Gasteiger partial charge in [-0.15, -0.1) is 0 Å². The number of rotatable bonds is 4. The summed E-state index contributed by atoms with van der Waals surface area (Å²) in [4.78, 5) is 0.0530. The minimum atomic E-state index is -3.64. The lowest BCUT2D eigenvalue weighted by molar-refractivity contribution is 0.498. The average molecular weight is 331 g/mol. The summed E-state index contributed by atoms with van der Waals surface area (Å²) in [5.74, 6) is 0.536. The highest BCUT2D eigenvalue weighted by molar-refractivity contribution is 9.10. The molecule has 0 bridgehead atoms. The van der Waals surface area contributed by atoms with Gasteiger partial charge in [0.05, 0.1) is 18.5 Å². The summed E-state index contributed by atoms with van der Waals surface area (Å²) in [5.41, 5.74) is 5.87. The number of halogens is 1. The van der Waals surface area contributed by atoms with Crippen molar-refractivity contribution in [2.45, 2.75) is 11.4 Å². The molecule has 0 spiro atoms. The molecule has 2 rings (SSSR count). The summed E-state index contributed by atoms with van der Waals surface area (Å²) >= 11 is 3.22. The van der Waals surface area contributed by atoms with E-state index >= 15 is 0 Å². The molecular formula is C11H11BrN2O3S. The maximum Gasteiger partial charge on any atom is 0.243 e. The topological polar surface area (TPSA) is 85.3 Å². The molecule has 0 aliphatic rings. The molecule has 1 heterocycles. The zero-order valence-electron chi connectivity index (χ0n) is 9.26. The Morgan fingerprint density at radius 3 is 2.72 bits per heavy atom. The molecule has 5 nitrogen and oxygen atoms in total. The smallest absolute Gasteiger partial charge is 0.243 e. The van der Waals surface area contributed by atoms with Crippen LogP contribution in [0.5, 0.6) is 0 Å². The molecule has 7 heteroatoms. The highest BCUT2D eigenvalue weighted by atomic mass is 79.9. The zero-order valence-corrected chi connectivity index (χ0v) is 11.7. The van der Waals surface area contributed by atoms with E-state index in [1.165, 1.54) is 12.3 Å². The van der Waals surface area contributed by atoms with Crippen molar-refractivity contribution >= 4 is 31.6 Å². The van der Waals surface area contributed by atoms with E-state index in [0.717, 1.165) is 4.47 Å². The third kappa shape index (κ3) is 2.92. The minimum absolute atomic E-state index is 0.0530. The van der Waals surface area contributed by atoms with Crippen molar-refractivity contribution in [1.82, 2.24) is 4.72 Å². The van der Waals surface area contributed by atoms with Crippen LogP contribution >= 0.6 is 15.9 Å². The summed E-state index contributed by atoms with van der Waals surface area (Å²) in [7, 11) is -3.64. The summed E-state index contributed by atoms with van der Waals surface area (Å²) in [6.07, 6.45) is 1.48. The van der Waals surface area contributed by atoms with Crippen LogP contribution in [-0.4, -0.2) is 8.42 Å². The van der Waals surface area contributed by atoms with Crippen LogP contribution in [0.1, 0.15) is 5.76 Å². The predicted molar refractivity (Wildman–Crippen MR) is 71.3 cm³/mol. The molecule has 3 N–H and O–H groups in total. The first-order chi connectivity index (χ1) is 8.49. The Hall–Kier alpha value is -1.31. The van der Waals surface area contributed by atoms with Crippen molar-refractivity contribution in [3.8, 4) is 0 Å². The first-order valence-corrected chi connectivity index (χ1v) is 7.34. The van der Waals surface area contributed by atoms with Crippen molar-refractivity contribution in [3.63, 3.8) is 0 Å². The molecule has 1 aromatic heterocycles. The second-order valence-corrected chi connectivity index (χ2v) is 6.24. The Kier molecular flexibility index (Phi) is 3.74. The van der Waals surface area contributed by atoms with E-state index in [-0.39, 0.29) is 17.1 Å². The number of hydrogen-bond donors (Lipinski definition) is 2. The molecule has 0 unspecified atom stereocenters. The number of anilines is 1. The van der Waals surface area contributed by atoms with Crippen LogP contribution in [-0.2, 0) is 16.6 Å². The summed E-state index contributed by atoms with van der Waals surface area (Å²) in [6.45, 7) is 0.0881. The van der Waals surface area contributed by atoms with Gasteiger partial charge in [-0.3, -0.25) is 0 Å². The third-order valence-electron chi connectivity index (χ3n) is 2.28. The quantitative estimate of drug-likeness (QED) is 0.840. The Bertz CT molecular complexity index is 638. The van der Waals surface area contributed by atoms with Crippen molar-refractivity contribution in [1.29, 1.82) is 0 Å². The molecule has 0 saturated carbocycles. The van der Waals surface area contributed by atoms with Crippen LogP contribution in [0, 0.1) is 0 Å². The maximum absolute atomic E-state index is 12.0. The van der Waals surface area contributed by atoms with E-state index in [1.54, 1.807) is 24.3 Å². The first-order valence-electron chi connectivity index (χ1n) is 5.06. The van der Waals surface area contributed by atoms with Crippen LogP contribution in [0.2, 0.25) is 0 Å². The molecule has 0 amide bonds. The number of nitrogens with one attached hydrogen (secondary N) is 1. The van der Waals surface area contributed by atoms with Gasteiger partial charge >= 0.3 is 0 Å². The number of sulfonamides is 1. The Morgan fingerprint density at radius 2 is 2.11 bits per heavy atom. The molecule has 0 fully saturated rings. The van der Waals surface area contributed by atoms with Crippen LogP contribution in [0.4, 0.5) is 5.69 Å². The fraction of sp³-hybridized carbons (Fsp3) is 0.0909. The lowest BCUT2D eigenvalue weighted by Gasteiger charge is -2.08. The van der Waals surface area contributed by atoms with E-state index in [4.69, 9.17) is 10.2 Å². The van der Waals surface area contributed by atoms with Crippen LogP contribution in [0.25, 0.3) is 0 Å². The molecule has 1 aromatic carbocycles. The molecule has 0 atom stereocenters. The number of benzene rings is 1. The van der Waals surface area contributed by atoms with E-state index in [0.29, 0.717) is 5.76 Å². The van der Waals surface area contributed by atoms with Gasteiger partial charge in [-0.1, -0.05) is 15.9 Å². The Balaban J connectivity index is 2.20. The highest BCUT2D eigenvalue weighted by Crippen LogP contribution is 2.22. The molecule has 18 heavy (non-hydrogen) atoms. The second-order valence-electron chi connectivity index (χ2n) is 3.59.